The van der Waals surface area contributed by atoms with E-state index in [2.05, 4.69) is 16.9 Å². The molecule has 1 amide bonds. The lowest BCUT2D eigenvalue weighted by molar-refractivity contribution is -0.141. The second-order valence-corrected chi connectivity index (χ2v) is 5.50. The number of aliphatic carboxylic acids is 1. The van der Waals surface area contributed by atoms with Crippen LogP contribution < -0.4 is 11.1 Å². The zero-order valence-corrected chi connectivity index (χ0v) is 12.7. The molecule has 0 fully saturated rings. The predicted molar refractivity (Wildman–Crippen MR) is 86.0 cm³/mol. The first-order valence-corrected chi connectivity index (χ1v) is 7.02. The normalized spacial score (nSPS) is 14.9. The summed E-state index contributed by atoms with van der Waals surface area (Å²) in [5.41, 5.74) is 6.16. The van der Waals surface area contributed by atoms with Crippen LogP contribution in [0.15, 0.2) is 37.1 Å². The van der Waals surface area contributed by atoms with Crippen molar-refractivity contribution in [1.29, 1.82) is 0 Å². The number of aromatic amines is 1. The average Bonchev–Trinajstić information content (AvgIpc) is 2.88. The van der Waals surface area contributed by atoms with Crippen molar-refractivity contribution in [3.8, 4) is 5.75 Å². The number of nitrogens with one attached hydrogen (secondary N) is 2. The summed E-state index contributed by atoms with van der Waals surface area (Å²) < 4.78 is 0. The molecule has 2 aromatic rings. The molecule has 1 aromatic carbocycles. The van der Waals surface area contributed by atoms with Gasteiger partial charge in [-0.05, 0) is 30.7 Å². The van der Waals surface area contributed by atoms with Crippen molar-refractivity contribution < 1.29 is 19.8 Å². The number of carbonyl (C=O) groups excluding carboxylic acids is 1. The van der Waals surface area contributed by atoms with Gasteiger partial charge in [0, 0.05) is 23.5 Å². The van der Waals surface area contributed by atoms with Crippen molar-refractivity contribution in [1.82, 2.24) is 10.3 Å². The first-order valence-electron chi connectivity index (χ1n) is 7.02. The van der Waals surface area contributed by atoms with Crippen LogP contribution in [0.1, 0.15) is 12.5 Å². The molecular weight excluding hydrogens is 298 g/mol. The van der Waals surface area contributed by atoms with Crippen molar-refractivity contribution >= 4 is 22.8 Å². The number of hydrogen-bond acceptors (Lipinski definition) is 4. The van der Waals surface area contributed by atoms with Gasteiger partial charge in [-0.1, -0.05) is 6.08 Å². The summed E-state index contributed by atoms with van der Waals surface area (Å²) in [4.78, 5) is 26.2. The van der Waals surface area contributed by atoms with Gasteiger partial charge in [0.25, 0.3) is 0 Å². The standard InChI is InChI=1S/C16H19N3O4/c1-3-16(17,15(23)19-9(2)14(21)22)7-10-8-18-13-5-4-11(20)6-12(10)13/h3-6,8-9,18,20H,1,7,17H2,2H3,(H,19,23)(H,21,22). The zero-order chi connectivity index (χ0) is 17.2. The topological polar surface area (TPSA) is 128 Å². The van der Waals surface area contributed by atoms with Crippen molar-refractivity contribution in [3.63, 3.8) is 0 Å². The molecule has 7 nitrogen and oxygen atoms in total. The van der Waals surface area contributed by atoms with E-state index in [4.69, 9.17) is 10.8 Å². The fourth-order valence-electron chi connectivity index (χ4n) is 2.27. The van der Waals surface area contributed by atoms with Crippen LogP contribution in [-0.2, 0) is 16.0 Å². The molecule has 122 valence electrons. The Morgan fingerprint density at radius 2 is 2.22 bits per heavy atom. The van der Waals surface area contributed by atoms with E-state index in [1.54, 1.807) is 24.4 Å². The highest BCUT2D eigenvalue weighted by atomic mass is 16.4. The Morgan fingerprint density at radius 3 is 2.83 bits per heavy atom. The van der Waals surface area contributed by atoms with E-state index in [1.165, 1.54) is 13.0 Å². The van der Waals surface area contributed by atoms with Gasteiger partial charge in [0.1, 0.15) is 17.3 Å². The van der Waals surface area contributed by atoms with Gasteiger partial charge in [-0.25, -0.2) is 0 Å². The summed E-state index contributed by atoms with van der Waals surface area (Å²) in [7, 11) is 0. The minimum absolute atomic E-state index is 0.100. The fraction of sp³-hybridized carbons (Fsp3) is 0.250. The van der Waals surface area contributed by atoms with Gasteiger partial charge in [0.2, 0.25) is 5.91 Å². The lowest BCUT2D eigenvalue weighted by atomic mass is 9.90. The smallest absolute Gasteiger partial charge is 0.325 e. The molecule has 0 radical (unpaired) electrons. The van der Waals surface area contributed by atoms with E-state index < -0.39 is 23.5 Å². The van der Waals surface area contributed by atoms with Gasteiger partial charge in [0.15, 0.2) is 0 Å². The van der Waals surface area contributed by atoms with Crippen LogP contribution in [-0.4, -0.2) is 38.7 Å². The van der Waals surface area contributed by atoms with Crippen molar-refractivity contribution in [2.75, 3.05) is 0 Å². The number of phenols is 1. The van der Waals surface area contributed by atoms with Crippen LogP contribution in [0.5, 0.6) is 5.75 Å². The summed E-state index contributed by atoms with van der Waals surface area (Å²) in [6, 6.07) is 3.78. The summed E-state index contributed by atoms with van der Waals surface area (Å²) in [5, 5.41) is 21.6. The van der Waals surface area contributed by atoms with E-state index >= 15 is 0 Å². The summed E-state index contributed by atoms with van der Waals surface area (Å²) in [6.07, 6.45) is 3.10. The number of carbonyl (C=O) groups is 2. The number of aromatic hydroxyl groups is 1. The molecule has 0 spiro atoms. The Balaban J connectivity index is 2.29. The van der Waals surface area contributed by atoms with Crippen LogP contribution in [0.2, 0.25) is 0 Å². The van der Waals surface area contributed by atoms with E-state index in [9.17, 15) is 14.7 Å². The van der Waals surface area contributed by atoms with Gasteiger partial charge in [-0.3, -0.25) is 9.59 Å². The number of carboxylic acid groups (broad SMARTS) is 1. The molecule has 2 unspecified atom stereocenters. The maximum Gasteiger partial charge on any atom is 0.325 e. The monoisotopic (exact) mass is 317 g/mol. The maximum atomic E-state index is 12.3. The van der Waals surface area contributed by atoms with E-state index in [0.717, 1.165) is 16.5 Å². The Morgan fingerprint density at radius 1 is 1.52 bits per heavy atom. The molecule has 1 aromatic heterocycles. The number of rotatable bonds is 6. The zero-order valence-electron chi connectivity index (χ0n) is 12.7. The molecule has 7 heteroatoms. The molecule has 2 rings (SSSR count). The van der Waals surface area contributed by atoms with E-state index in [0.29, 0.717) is 0 Å². The number of amides is 1. The third-order valence-electron chi connectivity index (χ3n) is 3.74. The van der Waals surface area contributed by atoms with Crippen LogP contribution in [0.4, 0.5) is 0 Å². The summed E-state index contributed by atoms with van der Waals surface area (Å²) in [5.74, 6) is -1.68. The van der Waals surface area contributed by atoms with Crippen molar-refractivity contribution in [2.24, 2.45) is 5.73 Å². The Labute approximate surface area is 132 Å². The Bertz CT molecular complexity index is 768. The number of carboxylic acids is 1. The van der Waals surface area contributed by atoms with Gasteiger partial charge in [-0.15, -0.1) is 6.58 Å². The largest absolute Gasteiger partial charge is 0.508 e. The van der Waals surface area contributed by atoms with Crippen LogP contribution >= 0.6 is 0 Å². The van der Waals surface area contributed by atoms with E-state index in [1.807, 2.05) is 0 Å². The van der Waals surface area contributed by atoms with Crippen LogP contribution in [0.3, 0.4) is 0 Å². The van der Waals surface area contributed by atoms with Crippen molar-refractivity contribution in [3.05, 3.63) is 42.6 Å². The van der Waals surface area contributed by atoms with Crippen LogP contribution in [0.25, 0.3) is 10.9 Å². The fourth-order valence-corrected chi connectivity index (χ4v) is 2.27. The first-order chi connectivity index (χ1) is 10.8. The van der Waals surface area contributed by atoms with Gasteiger partial charge in [0.05, 0.1) is 0 Å². The number of nitrogens with two attached hydrogens (primary N) is 1. The second-order valence-electron chi connectivity index (χ2n) is 5.50. The molecule has 0 saturated carbocycles. The average molecular weight is 317 g/mol. The minimum atomic E-state index is -1.47. The predicted octanol–water partition coefficient (Wildman–Crippen LogP) is 0.889. The maximum absolute atomic E-state index is 12.3. The minimum Gasteiger partial charge on any atom is -0.508 e. The SMILES string of the molecule is C=CC(N)(Cc1c[nH]c2ccc(O)cc12)C(=O)NC(C)C(=O)O. The molecule has 0 bridgehead atoms. The number of H-pyrrole nitrogens is 1. The molecular formula is C16H19N3O4. The molecule has 0 aliphatic carbocycles. The number of hydrogen-bond donors (Lipinski definition) is 5. The third kappa shape index (κ3) is 3.35. The summed E-state index contributed by atoms with van der Waals surface area (Å²) in [6.45, 7) is 4.95. The third-order valence-corrected chi connectivity index (χ3v) is 3.74. The molecule has 1 heterocycles. The number of benzene rings is 1. The molecule has 23 heavy (non-hydrogen) atoms. The molecule has 0 saturated heterocycles. The van der Waals surface area contributed by atoms with Crippen molar-refractivity contribution in [2.45, 2.75) is 24.9 Å². The second kappa shape index (κ2) is 6.13. The molecule has 0 aliphatic heterocycles. The molecule has 6 N–H and O–H groups in total. The van der Waals surface area contributed by atoms with Crippen LogP contribution in [0, 0.1) is 0 Å². The number of aromatic nitrogens is 1. The lowest BCUT2D eigenvalue weighted by Crippen LogP contribution is -2.57. The highest BCUT2D eigenvalue weighted by Gasteiger charge is 2.33. The number of phenolic OH excluding ortho intramolecular Hbond substituents is 1. The van der Waals surface area contributed by atoms with Gasteiger partial charge in [-0.2, -0.15) is 0 Å². The van der Waals surface area contributed by atoms with Gasteiger partial charge < -0.3 is 26.2 Å². The quantitative estimate of drug-likeness (QED) is 0.505. The Kier molecular flexibility index (Phi) is 4.42. The highest BCUT2D eigenvalue weighted by Crippen LogP contribution is 2.26. The highest BCUT2D eigenvalue weighted by molar-refractivity contribution is 5.93. The lowest BCUT2D eigenvalue weighted by Gasteiger charge is -2.25. The molecule has 2 atom stereocenters. The number of fused-ring (bicyclic) bond motifs is 1. The molecule has 0 aliphatic rings. The van der Waals surface area contributed by atoms with E-state index in [-0.39, 0.29) is 12.2 Å². The summed E-state index contributed by atoms with van der Waals surface area (Å²) >= 11 is 0. The first kappa shape index (κ1) is 16.6. The Hall–Kier alpha value is -2.80. The van der Waals surface area contributed by atoms with Gasteiger partial charge >= 0.3 is 5.97 Å².